The van der Waals surface area contributed by atoms with Crippen LogP contribution in [0.5, 0.6) is 11.5 Å². The molecule has 1 saturated heterocycles. The van der Waals surface area contributed by atoms with Gasteiger partial charge in [0.25, 0.3) is 0 Å². The lowest BCUT2D eigenvalue weighted by atomic mass is 9.98. The van der Waals surface area contributed by atoms with Gasteiger partial charge in [-0.15, -0.1) is 0 Å². The summed E-state index contributed by atoms with van der Waals surface area (Å²) in [5.74, 6) is 0.735. The van der Waals surface area contributed by atoms with Gasteiger partial charge in [0.15, 0.2) is 0 Å². The summed E-state index contributed by atoms with van der Waals surface area (Å²) < 4.78 is 10.6. The second-order valence-corrected chi connectivity index (χ2v) is 5.28. The summed E-state index contributed by atoms with van der Waals surface area (Å²) in [6, 6.07) is 5.59. The molecule has 1 atom stereocenters. The number of carboxylic acid groups (broad SMARTS) is 1. The van der Waals surface area contributed by atoms with Crippen molar-refractivity contribution in [2.45, 2.75) is 31.8 Å². The predicted molar refractivity (Wildman–Crippen MR) is 75.2 cm³/mol. The summed E-state index contributed by atoms with van der Waals surface area (Å²) >= 11 is 0. The van der Waals surface area contributed by atoms with Crippen LogP contribution in [0.25, 0.3) is 0 Å². The number of carbonyl (C=O) groups is 1. The van der Waals surface area contributed by atoms with Crippen LogP contribution < -0.4 is 9.47 Å². The van der Waals surface area contributed by atoms with Crippen LogP contribution in [0.1, 0.15) is 25.3 Å². The number of ether oxygens (including phenoxy) is 2. The average Bonchev–Trinajstić information content (AvgIpc) is 2.81. The third kappa shape index (κ3) is 2.58. The molecular weight excluding hydrogens is 258 g/mol. The molecule has 1 aliphatic heterocycles. The molecule has 5 nitrogen and oxygen atoms in total. The first-order valence-electron chi connectivity index (χ1n) is 6.70. The van der Waals surface area contributed by atoms with Crippen LogP contribution in [0.2, 0.25) is 0 Å². The molecule has 5 heteroatoms. The van der Waals surface area contributed by atoms with Crippen LogP contribution >= 0.6 is 0 Å². The fraction of sp³-hybridized carbons (Fsp3) is 0.533. The van der Waals surface area contributed by atoms with Crippen LogP contribution in [0.15, 0.2) is 18.2 Å². The zero-order chi connectivity index (χ0) is 14.8. The van der Waals surface area contributed by atoms with Gasteiger partial charge in [-0.1, -0.05) is 0 Å². The minimum atomic E-state index is -0.798. The normalized spacial score (nSPS) is 22.8. The van der Waals surface area contributed by atoms with E-state index in [2.05, 4.69) is 0 Å². The molecule has 1 unspecified atom stereocenters. The Labute approximate surface area is 119 Å². The molecule has 1 fully saturated rings. The van der Waals surface area contributed by atoms with Gasteiger partial charge >= 0.3 is 5.97 Å². The molecule has 20 heavy (non-hydrogen) atoms. The lowest BCUT2D eigenvalue weighted by Gasteiger charge is -2.31. The Morgan fingerprint density at radius 3 is 2.75 bits per heavy atom. The van der Waals surface area contributed by atoms with Crippen molar-refractivity contribution in [2.75, 3.05) is 20.8 Å². The average molecular weight is 279 g/mol. The minimum Gasteiger partial charge on any atom is -0.497 e. The van der Waals surface area contributed by atoms with Gasteiger partial charge in [0, 0.05) is 12.1 Å². The molecular formula is C15H21NO4. The lowest BCUT2D eigenvalue weighted by molar-refractivity contribution is -0.148. The largest absolute Gasteiger partial charge is 0.497 e. The van der Waals surface area contributed by atoms with E-state index in [0.717, 1.165) is 30.0 Å². The summed E-state index contributed by atoms with van der Waals surface area (Å²) in [4.78, 5) is 13.5. The first-order valence-corrected chi connectivity index (χ1v) is 6.70. The molecule has 1 N–H and O–H groups in total. The number of hydrogen-bond acceptors (Lipinski definition) is 4. The molecule has 2 rings (SSSR count). The number of nitrogens with zero attached hydrogens (tertiary/aromatic N) is 1. The molecule has 0 aliphatic carbocycles. The topological polar surface area (TPSA) is 59.0 Å². The molecule has 0 saturated carbocycles. The van der Waals surface area contributed by atoms with E-state index in [4.69, 9.17) is 9.47 Å². The first kappa shape index (κ1) is 14.7. The Bertz CT molecular complexity index is 503. The van der Waals surface area contributed by atoms with E-state index >= 15 is 0 Å². The van der Waals surface area contributed by atoms with Crippen molar-refractivity contribution in [3.63, 3.8) is 0 Å². The second-order valence-electron chi connectivity index (χ2n) is 5.28. The Kier molecular flexibility index (Phi) is 4.18. The number of methoxy groups -OCH3 is 2. The molecule has 1 aromatic rings. The highest BCUT2D eigenvalue weighted by atomic mass is 16.5. The van der Waals surface area contributed by atoms with Crippen molar-refractivity contribution in [2.24, 2.45) is 0 Å². The highest BCUT2D eigenvalue weighted by molar-refractivity contribution is 5.78. The minimum absolute atomic E-state index is 0.545. The van der Waals surface area contributed by atoms with Gasteiger partial charge in [0.05, 0.1) is 14.2 Å². The standard InChI is InChI=1S/C15H21NO4/c1-15(14(17)18)7-4-8-16(15)10-11-9-12(19-2)5-6-13(11)20-3/h5-6,9H,4,7-8,10H2,1-3H3,(H,17,18). The molecule has 0 bridgehead atoms. The summed E-state index contributed by atoms with van der Waals surface area (Å²) in [7, 11) is 3.23. The Morgan fingerprint density at radius 2 is 2.15 bits per heavy atom. The van der Waals surface area contributed by atoms with Crippen molar-refractivity contribution in [3.05, 3.63) is 23.8 Å². The van der Waals surface area contributed by atoms with Gasteiger partial charge in [-0.3, -0.25) is 9.69 Å². The van der Waals surface area contributed by atoms with Gasteiger partial charge in [0.2, 0.25) is 0 Å². The maximum atomic E-state index is 11.5. The molecule has 110 valence electrons. The van der Waals surface area contributed by atoms with E-state index in [1.165, 1.54) is 0 Å². The van der Waals surface area contributed by atoms with Gasteiger partial charge in [-0.2, -0.15) is 0 Å². The van der Waals surface area contributed by atoms with Crippen LogP contribution in [-0.4, -0.2) is 42.3 Å². The van der Waals surface area contributed by atoms with Gasteiger partial charge < -0.3 is 14.6 Å². The van der Waals surface area contributed by atoms with E-state index < -0.39 is 11.5 Å². The highest BCUT2D eigenvalue weighted by Crippen LogP contribution is 2.33. The smallest absolute Gasteiger partial charge is 0.323 e. The van der Waals surface area contributed by atoms with E-state index in [1.807, 2.05) is 23.1 Å². The molecule has 1 aliphatic rings. The summed E-state index contributed by atoms with van der Waals surface area (Å²) in [6.07, 6.45) is 1.57. The Balaban J connectivity index is 2.27. The first-order chi connectivity index (χ1) is 9.51. The quantitative estimate of drug-likeness (QED) is 0.895. The lowest BCUT2D eigenvalue weighted by Crippen LogP contribution is -2.47. The summed E-state index contributed by atoms with van der Waals surface area (Å²) in [5, 5.41) is 9.45. The van der Waals surface area contributed by atoms with E-state index in [-0.39, 0.29) is 0 Å². The Hall–Kier alpha value is -1.75. The molecule has 0 spiro atoms. The molecule has 1 aromatic carbocycles. The van der Waals surface area contributed by atoms with Crippen LogP contribution in [0.3, 0.4) is 0 Å². The van der Waals surface area contributed by atoms with Gasteiger partial charge in [0.1, 0.15) is 17.0 Å². The molecule has 0 aromatic heterocycles. The predicted octanol–water partition coefficient (Wildman–Crippen LogP) is 2.14. The van der Waals surface area contributed by atoms with Crippen molar-refractivity contribution in [1.29, 1.82) is 0 Å². The highest BCUT2D eigenvalue weighted by Gasteiger charge is 2.43. The van der Waals surface area contributed by atoms with Crippen molar-refractivity contribution >= 4 is 5.97 Å². The number of benzene rings is 1. The summed E-state index contributed by atoms with van der Waals surface area (Å²) in [6.45, 7) is 3.11. The van der Waals surface area contributed by atoms with Crippen LogP contribution in [-0.2, 0) is 11.3 Å². The van der Waals surface area contributed by atoms with Gasteiger partial charge in [-0.25, -0.2) is 0 Å². The number of carboxylic acids is 1. The van der Waals surface area contributed by atoms with Crippen molar-refractivity contribution in [3.8, 4) is 11.5 Å². The molecule has 0 amide bonds. The van der Waals surface area contributed by atoms with Crippen molar-refractivity contribution in [1.82, 2.24) is 4.90 Å². The van der Waals surface area contributed by atoms with Crippen LogP contribution in [0, 0.1) is 0 Å². The third-order valence-corrected chi connectivity index (χ3v) is 4.10. The zero-order valence-electron chi connectivity index (χ0n) is 12.2. The van der Waals surface area contributed by atoms with E-state index in [1.54, 1.807) is 21.1 Å². The maximum Gasteiger partial charge on any atom is 0.323 e. The zero-order valence-corrected chi connectivity index (χ0v) is 12.2. The third-order valence-electron chi connectivity index (χ3n) is 4.10. The molecule has 0 radical (unpaired) electrons. The SMILES string of the molecule is COc1ccc(OC)c(CN2CCCC2(C)C(=O)O)c1. The molecule has 1 heterocycles. The van der Waals surface area contributed by atoms with E-state index in [0.29, 0.717) is 13.0 Å². The second kappa shape index (κ2) is 5.71. The fourth-order valence-corrected chi connectivity index (χ4v) is 2.73. The maximum absolute atomic E-state index is 11.5. The van der Waals surface area contributed by atoms with E-state index in [9.17, 15) is 9.90 Å². The number of likely N-dealkylation sites (tertiary alicyclic amines) is 1. The Morgan fingerprint density at radius 1 is 1.40 bits per heavy atom. The van der Waals surface area contributed by atoms with Crippen molar-refractivity contribution < 1.29 is 19.4 Å². The summed E-state index contributed by atoms with van der Waals surface area (Å²) in [5.41, 5.74) is 0.148. The fourth-order valence-electron chi connectivity index (χ4n) is 2.73. The number of hydrogen-bond donors (Lipinski definition) is 1. The number of rotatable bonds is 5. The van der Waals surface area contributed by atoms with Crippen LogP contribution in [0.4, 0.5) is 0 Å². The number of aliphatic carboxylic acids is 1. The van der Waals surface area contributed by atoms with Gasteiger partial charge in [-0.05, 0) is 44.5 Å². The monoisotopic (exact) mass is 279 g/mol.